The van der Waals surface area contributed by atoms with Gasteiger partial charge in [-0.05, 0) is 96.1 Å². The molecule has 4 aromatic carbocycles. The first kappa shape index (κ1) is 62.9. The summed E-state index contributed by atoms with van der Waals surface area (Å²) in [7, 11) is 3.03. The highest BCUT2D eigenvalue weighted by Crippen LogP contribution is 2.33. The molecule has 8 aromatic heterocycles. The van der Waals surface area contributed by atoms with Crippen LogP contribution in [0.25, 0.3) is 56.2 Å². The number of carboxylic acid groups (broad SMARTS) is 2. The average molecular weight is 1300 g/mol. The van der Waals surface area contributed by atoms with Crippen molar-refractivity contribution in [3.05, 3.63) is 224 Å². The SMILES string of the molecule is COCCn1c(Cc2cc(F)c(-c3ccc(F)c(OCc4cnc(-n5ccnn5)cc4Cl)n3)cc2F)nc2ccc(C(=O)O)cc21.COCCn1c(Cc2cc(F)c(-c3ccc(F)c(OCc4cnc(-n5ccnn5)cc4Cl)n3)cc2F)nc2ccc(C(=O)O)cc21. The second kappa shape index (κ2) is 27.6. The third-order valence-electron chi connectivity index (χ3n) is 14.2. The Balaban J connectivity index is 0.000000188. The lowest BCUT2D eigenvalue weighted by Crippen LogP contribution is -2.10. The highest BCUT2D eigenvalue weighted by atomic mass is 35.5. The molecule has 0 bridgehead atoms. The third-order valence-corrected chi connectivity index (χ3v) is 14.9. The molecule has 12 rings (SSSR count). The molecule has 0 unspecified atom stereocenters. The summed E-state index contributed by atoms with van der Waals surface area (Å²) in [5.41, 5.74) is 2.51. The summed E-state index contributed by atoms with van der Waals surface area (Å²) in [5, 5.41) is 34.5. The predicted octanol–water partition coefficient (Wildman–Crippen LogP) is 11.3. The molecule has 8 heterocycles. The highest BCUT2D eigenvalue weighted by Gasteiger charge is 2.23. The zero-order chi connectivity index (χ0) is 64.7. The molecule has 0 fully saturated rings. The Morgan fingerprint density at radius 1 is 0.500 bits per heavy atom. The molecule has 0 atom stereocenters. The number of nitrogens with zero attached hydrogens (tertiary/aromatic N) is 14. The summed E-state index contributed by atoms with van der Waals surface area (Å²) in [6.45, 7) is 0.772. The van der Waals surface area contributed by atoms with Crippen molar-refractivity contribution >= 4 is 57.2 Å². The van der Waals surface area contributed by atoms with Crippen molar-refractivity contribution in [2.75, 3.05) is 27.4 Å². The summed E-state index contributed by atoms with van der Waals surface area (Å²) in [5.74, 6) is -6.20. The van der Waals surface area contributed by atoms with Gasteiger partial charge in [0.15, 0.2) is 23.3 Å². The normalized spacial score (nSPS) is 11.3. The minimum Gasteiger partial charge on any atom is -0.478 e. The molecular formula is C62H46Cl2F6N14O8. The molecule has 0 saturated heterocycles. The van der Waals surface area contributed by atoms with Crippen LogP contribution in [0.5, 0.6) is 11.8 Å². The van der Waals surface area contributed by atoms with Crippen molar-refractivity contribution in [3.63, 3.8) is 0 Å². The fraction of sp³-hybridized carbons (Fsp3) is 0.161. The van der Waals surface area contributed by atoms with Crippen LogP contribution in [0.15, 0.2) is 134 Å². The first-order valence-electron chi connectivity index (χ1n) is 27.4. The van der Waals surface area contributed by atoms with Gasteiger partial charge in [0.25, 0.3) is 11.8 Å². The predicted molar refractivity (Wildman–Crippen MR) is 319 cm³/mol. The van der Waals surface area contributed by atoms with E-state index < -0.39 is 58.6 Å². The smallest absolute Gasteiger partial charge is 0.335 e. The van der Waals surface area contributed by atoms with Crippen molar-refractivity contribution in [3.8, 4) is 45.9 Å². The number of carbonyl (C=O) groups is 2. The molecule has 0 spiro atoms. The Morgan fingerprint density at radius 3 is 1.29 bits per heavy atom. The number of hydrogen-bond donors (Lipinski definition) is 2. The van der Waals surface area contributed by atoms with Gasteiger partial charge in [0.1, 0.15) is 48.1 Å². The van der Waals surface area contributed by atoms with Crippen LogP contribution < -0.4 is 9.47 Å². The van der Waals surface area contributed by atoms with E-state index in [9.17, 15) is 28.6 Å². The fourth-order valence-electron chi connectivity index (χ4n) is 9.59. The van der Waals surface area contributed by atoms with Crippen LogP contribution in [0.3, 0.4) is 0 Å². The Morgan fingerprint density at radius 2 is 0.924 bits per heavy atom. The van der Waals surface area contributed by atoms with Crippen LogP contribution >= 0.6 is 23.2 Å². The van der Waals surface area contributed by atoms with Crippen molar-refractivity contribution in [1.29, 1.82) is 0 Å². The van der Waals surface area contributed by atoms with E-state index in [-0.39, 0.29) is 94.1 Å². The van der Waals surface area contributed by atoms with Gasteiger partial charge >= 0.3 is 11.9 Å². The van der Waals surface area contributed by atoms with E-state index in [1.807, 2.05) is 0 Å². The van der Waals surface area contributed by atoms with E-state index in [0.717, 1.165) is 36.4 Å². The fourth-order valence-corrected chi connectivity index (χ4v) is 9.99. The van der Waals surface area contributed by atoms with Gasteiger partial charge in [0.05, 0.1) is 92.6 Å². The second-order valence-electron chi connectivity index (χ2n) is 20.1. The maximum absolute atomic E-state index is 15.5. The van der Waals surface area contributed by atoms with Gasteiger partial charge < -0.3 is 38.3 Å². The topological polar surface area (TPSA) is 260 Å². The highest BCUT2D eigenvalue weighted by molar-refractivity contribution is 6.31. The summed E-state index contributed by atoms with van der Waals surface area (Å²) in [6.07, 6.45) is 8.82. The minimum atomic E-state index is -1.10. The number of benzene rings is 4. The first-order valence-corrected chi connectivity index (χ1v) is 28.2. The van der Waals surface area contributed by atoms with Crippen molar-refractivity contribution in [2.24, 2.45) is 0 Å². The summed E-state index contributed by atoms with van der Waals surface area (Å²) in [4.78, 5) is 48.8. The standard InChI is InChI=1S/2C31H23ClF3N7O4/c2*1-45-9-8-41-27-11-17(31(43)44)2-4-26(27)38-29(41)12-18-10-24(35)20(13-23(18)34)25-5-3-22(33)30(39-25)46-16-19-15-36-28(14-21(19)32)42-7-6-37-40-42/h2*2-7,10-11,13-15H,8-9,12,16H2,1H3,(H,43,44). The number of hydrogen-bond acceptors (Lipinski definition) is 16. The number of carboxylic acids is 2. The van der Waals surface area contributed by atoms with Crippen LogP contribution in [-0.2, 0) is 48.6 Å². The van der Waals surface area contributed by atoms with Crippen molar-refractivity contribution in [1.82, 2.24) is 69.0 Å². The molecule has 0 aliphatic heterocycles. The molecule has 12 aromatic rings. The third kappa shape index (κ3) is 13.9. The van der Waals surface area contributed by atoms with Gasteiger partial charge in [-0.1, -0.05) is 33.6 Å². The van der Waals surface area contributed by atoms with Gasteiger partial charge in [-0.15, -0.1) is 10.2 Å². The molecule has 2 N–H and O–H groups in total. The van der Waals surface area contributed by atoms with Gasteiger partial charge in [-0.25, -0.2) is 75.2 Å². The monoisotopic (exact) mass is 1300 g/mol. The minimum absolute atomic E-state index is 0.00347. The van der Waals surface area contributed by atoms with Crippen LogP contribution in [0, 0.1) is 34.9 Å². The number of ether oxygens (including phenoxy) is 4. The molecule has 0 amide bonds. The van der Waals surface area contributed by atoms with Crippen LogP contribution in [0.4, 0.5) is 26.3 Å². The average Bonchev–Trinajstić information content (AvgIpc) is 1.63. The zero-order valence-electron chi connectivity index (χ0n) is 48.0. The Kier molecular flexibility index (Phi) is 18.9. The van der Waals surface area contributed by atoms with E-state index in [0.29, 0.717) is 69.6 Å². The van der Waals surface area contributed by atoms with Crippen LogP contribution in [-0.4, -0.2) is 119 Å². The number of pyridine rings is 4. The Labute approximate surface area is 525 Å². The summed E-state index contributed by atoms with van der Waals surface area (Å²) in [6, 6.07) is 20.5. The molecule has 0 aliphatic rings. The maximum Gasteiger partial charge on any atom is 0.335 e. The molecule has 468 valence electrons. The van der Waals surface area contributed by atoms with Crippen LogP contribution in [0.2, 0.25) is 10.0 Å². The van der Waals surface area contributed by atoms with Gasteiger partial charge in [0.2, 0.25) is 0 Å². The molecular weight excluding hydrogens is 1250 g/mol. The molecule has 0 saturated carbocycles. The first-order chi connectivity index (χ1) is 44.4. The van der Waals surface area contributed by atoms with Gasteiger partial charge in [-0.2, -0.15) is 0 Å². The Hall–Kier alpha value is -10.7. The Bertz CT molecular complexity index is 4440. The van der Waals surface area contributed by atoms with Crippen molar-refractivity contribution in [2.45, 2.75) is 39.1 Å². The maximum atomic E-state index is 15.5. The molecule has 30 heteroatoms. The molecule has 0 aliphatic carbocycles. The summed E-state index contributed by atoms with van der Waals surface area (Å²) < 4.78 is 119. The summed E-state index contributed by atoms with van der Waals surface area (Å²) >= 11 is 12.7. The van der Waals surface area contributed by atoms with E-state index in [1.165, 1.54) is 96.9 Å². The number of aromatic nitrogens is 14. The quantitative estimate of drug-likeness (QED) is 0.0598. The van der Waals surface area contributed by atoms with Gasteiger partial charge in [-0.3, -0.25) is 0 Å². The molecule has 0 radical (unpaired) electrons. The van der Waals surface area contributed by atoms with Crippen LogP contribution in [0.1, 0.15) is 54.6 Å². The lowest BCUT2D eigenvalue weighted by Gasteiger charge is -2.12. The lowest BCUT2D eigenvalue weighted by atomic mass is 10.0. The lowest BCUT2D eigenvalue weighted by molar-refractivity contribution is 0.0686. The van der Waals surface area contributed by atoms with E-state index in [4.69, 9.17) is 42.1 Å². The number of halogens is 8. The molecule has 92 heavy (non-hydrogen) atoms. The second-order valence-corrected chi connectivity index (χ2v) is 20.9. The number of aromatic carboxylic acids is 2. The largest absolute Gasteiger partial charge is 0.478 e. The number of imidazole rings is 2. The number of methoxy groups -OCH3 is 2. The van der Waals surface area contributed by atoms with Crippen molar-refractivity contribution < 1.29 is 65.1 Å². The van der Waals surface area contributed by atoms with E-state index >= 15 is 17.6 Å². The number of fused-ring (bicyclic) bond motifs is 2. The van der Waals surface area contributed by atoms with Gasteiger partial charge in [0, 0.05) is 86.9 Å². The molecule has 22 nitrogen and oxygen atoms in total. The zero-order valence-corrected chi connectivity index (χ0v) is 49.5. The number of rotatable bonds is 22. The van der Waals surface area contributed by atoms with E-state index in [2.05, 4.69) is 50.5 Å². The van der Waals surface area contributed by atoms with E-state index in [1.54, 1.807) is 33.7 Å².